The largest absolute Gasteiger partial charge is 0.487 e. The summed E-state index contributed by atoms with van der Waals surface area (Å²) in [6.07, 6.45) is -0.211. The molecule has 0 aromatic heterocycles. The fraction of sp³-hybridized carbons (Fsp3) is 0.300. The fourth-order valence-electron chi connectivity index (χ4n) is 1.46. The van der Waals surface area contributed by atoms with Crippen LogP contribution < -0.4 is 20.9 Å². The van der Waals surface area contributed by atoms with Crippen LogP contribution in [-0.2, 0) is 4.79 Å². The normalized spacial score (nSPS) is 19.3. The number of anilines is 1. The highest BCUT2D eigenvalue weighted by atomic mass is 16.5. The molecule has 0 bridgehead atoms. The molecule has 1 heterocycles. The van der Waals surface area contributed by atoms with E-state index in [1.165, 1.54) is 0 Å². The summed E-state index contributed by atoms with van der Waals surface area (Å²) in [5, 5.41) is 0. The number of carbonyl (C=O) groups is 1. The highest BCUT2D eigenvalue weighted by Gasteiger charge is 2.23. The Balaban J connectivity index is 2.34. The highest BCUT2D eigenvalue weighted by molar-refractivity contribution is 5.79. The zero-order valence-corrected chi connectivity index (χ0v) is 8.10. The molecule has 0 radical (unpaired) electrons. The molecule has 80 valence electrons. The van der Waals surface area contributed by atoms with Gasteiger partial charge in [-0.05, 0) is 12.1 Å². The van der Waals surface area contributed by atoms with Gasteiger partial charge in [0.1, 0.15) is 0 Å². The van der Waals surface area contributed by atoms with Crippen LogP contribution in [0.5, 0.6) is 11.5 Å². The van der Waals surface area contributed by atoms with Crippen molar-refractivity contribution in [1.82, 2.24) is 0 Å². The van der Waals surface area contributed by atoms with Crippen LogP contribution in [0.2, 0.25) is 0 Å². The molecule has 5 nitrogen and oxygen atoms in total. The van der Waals surface area contributed by atoms with E-state index in [4.69, 9.17) is 20.9 Å². The molecule has 0 spiro atoms. The number of carbonyl (C=O) groups excluding carboxylic acids is 1. The molecule has 4 N–H and O–H groups in total. The lowest BCUT2D eigenvalue weighted by Crippen LogP contribution is -2.33. The monoisotopic (exact) mass is 208 g/mol. The third kappa shape index (κ3) is 1.81. The first kappa shape index (κ1) is 9.64. The second kappa shape index (κ2) is 3.68. The maximum Gasteiger partial charge on any atom is 0.258 e. The van der Waals surface area contributed by atoms with Gasteiger partial charge in [-0.3, -0.25) is 4.79 Å². The molecule has 0 fully saturated rings. The molecule has 0 saturated heterocycles. The SMILES string of the molecule is NC(=O)C1CCOc2c(N)cccc2O1. The van der Waals surface area contributed by atoms with E-state index < -0.39 is 12.0 Å². The third-order valence-corrected chi connectivity index (χ3v) is 2.22. The number of hydrogen-bond acceptors (Lipinski definition) is 4. The number of nitrogen functional groups attached to an aromatic ring is 1. The van der Waals surface area contributed by atoms with Crippen LogP contribution >= 0.6 is 0 Å². The van der Waals surface area contributed by atoms with Gasteiger partial charge in [-0.1, -0.05) is 6.07 Å². The topological polar surface area (TPSA) is 87.6 Å². The standard InChI is InChI=1S/C10H12N2O3/c11-6-2-1-3-7-9(6)14-5-4-8(15-7)10(12)13/h1-3,8H,4-5,11H2,(H2,12,13). The summed E-state index contributed by atoms with van der Waals surface area (Å²) in [5.41, 5.74) is 11.4. The number of nitrogens with two attached hydrogens (primary N) is 2. The number of rotatable bonds is 1. The first-order valence-corrected chi connectivity index (χ1v) is 4.66. The van der Waals surface area contributed by atoms with E-state index >= 15 is 0 Å². The molecule has 1 aromatic rings. The Kier molecular flexibility index (Phi) is 2.37. The number of fused-ring (bicyclic) bond motifs is 1. The Morgan fingerprint density at radius 3 is 3.00 bits per heavy atom. The molecule has 0 aliphatic carbocycles. The van der Waals surface area contributed by atoms with E-state index in [-0.39, 0.29) is 0 Å². The van der Waals surface area contributed by atoms with Crippen molar-refractivity contribution in [2.24, 2.45) is 5.73 Å². The number of ether oxygens (including phenoxy) is 2. The number of amides is 1. The van der Waals surface area contributed by atoms with Crippen LogP contribution in [0, 0.1) is 0 Å². The van der Waals surface area contributed by atoms with Gasteiger partial charge >= 0.3 is 0 Å². The van der Waals surface area contributed by atoms with E-state index in [1.807, 2.05) is 0 Å². The summed E-state index contributed by atoms with van der Waals surface area (Å²) in [4.78, 5) is 11.0. The molecular formula is C10H12N2O3. The summed E-state index contributed by atoms with van der Waals surface area (Å²) in [6, 6.07) is 5.15. The van der Waals surface area contributed by atoms with E-state index in [1.54, 1.807) is 18.2 Å². The average Bonchev–Trinajstić information content (AvgIpc) is 2.40. The predicted molar refractivity (Wildman–Crippen MR) is 54.6 cm³/mol. The Bertz CT molecular complexity index is 392. The van der Waals surface area contributed by atoms with Gasteiger partial charge in [0.05, 0.1) is 12.3 Å². The van der Waals surface area contributed by atoms with Crippen LogP contribution in [0.1, 0.15) is 6.42 Å². The summed E-state index contributed by atoms with van der Waals surface area (Å²) in [6.45, 7) is 0.370. The van der Waals surface area contributed by atoms with Gasteiger partial charge in [-0.2, -0.15) is 0 Å². The summed E-state index contributed by atoms with van der Waals surface area (Å²) in [7, 11) is 0. The summed E-state index contributed by atoms with van der Waals surface area (Å²) < 4.78 is 10.8. The Morgan fingerprint density at radius 2 is 2.27 bits per heavy atom. The van der Waals surface area contributed by atoms with Crippen LogP contribution in [0.15, 0.2) is 18.2 Å². The van der Waals surface area contributed by atoms with Gasteiger partial charge in [0.15, 0.2) is 17.6 Å². The van der Waals surface area contributed by atoms with Gasteiger partial charge < -0.3 is 20.9 Å². The van der Waals surface area contributed by atoms with Crippen molar-refractivity contribution < 1.29 is 14.3 Å². The minimum Gasteiger partial charge on any atom is -0.487 e. The average molecular weight is 208 g/mol. The van der Waals surface area contributed by atoms with Gasteiger partial charge in [-0.25, -0.2) is 0 Å². The molecule has 1 aliphatic rings. The quantitative estimate of drug-likeness (QED) is 0.649. The maximum atomic E-state index is 11.0. The summed E-state index contributed by atoms with van der Waals surface area (Å²) >= 11 is 0. The van der Waals surface area contributed by atoms with Crippen molar-refractivity contribution in [1.29, 1.82) is 0 Å². The second-order valence-corrected chi connectivity index (χ2v) is 3.32. The molecule has 1 aromatic carbocycles. The zero-order chi connectivity index (χ0) is 10.8. The van der Waals surface area contributed by atoms with Gasteiger partial charge in [-0.15, -0.1) is 0 Å². The van der Waals surface area contributed by atoms with Crippen LogP contribution in [-0.4, -0.2) is 18.6 Å². The zero-order valence-electron chi connectivity index (χ0n) is 8.10. The Morgan fingerprint density at radius 1 is 1.47 bits per heavy atom. The van der Waals surface area contributed by atoms with Crippen molar-refractivity contribution in [2.45, 2.75) is 12.5 Å². The summed E-state index contributed by atoms with van der Waals surface area (Å²) in [5.74, 6) is 0.464. The number of hydrogen-bond donors (Lipinski definition) is 2. The lowest BCUT2D eigenvalue weighted by molar-refractivity contribution is -0.124. The highest BCUT2D eigenvalue weighted by Crippen LogP contribution is 2.35. The first-order chi connectivity index (χ1) is 7.18. The Hall–Kier alpha value is -1.91. The van der Waals surface area contributed by atoms with Crippen molar-refractivity contribution in [3.63, 3.8) is 0 Å². The molecule has 1 unspecified atom stereocenters. The Labute approximate surface area is 87.0 Å². The fourth-order valence-corrected chi connectivity index (χ4v) is 1.46. The molecule has 1 atom stereocenters. The molecule has 1 aliphatic heterocycles. The lowest BCUT2D eigenvalue weighted by Gasteiger charge is -2.12. The van der Waals surface area contributed by atoms with Crippen molar-refractivity contribution in [2.75, 3.05) is 12.3 Å². The van der Waals surface area contributed by atoms with E-state index in [0.29, 0.717) is 30.2 Å². The van der Waals surface area contributed by atoms with E-state index in [0.717, 1.165) is 0 Å². The third-order valence-electron chi connectivity index (χ3n) is 2.22. The number of para-hydroxylation sites is 1. The molecular weight excluding hydrogens is 196 g/mol. The first-order valence-electron chi connectivity index (χ1n) is 4.66. The minimum atomic E-state index is -0.645. The number of primary amides is 1. The van der Waals surface area contributed by atoms with Gasteiger partial charge in [0, 0.05) is 6.42 Å². The molecule has 2 rings (SSSR count). The van der Waals surface area contributed by atoms with Crippen LogP contribution in [0.3, 0.4) is 0 Å². The van der Waals surface area contributed by atoms with Gasteiger partial charge in [0.2, 0.25) is 0 Å². The van der Waals surface area contributed by atoms with Crippen molar-refractivity contribution in [3.8, 4) is 11.5 Å². The van der Waals surface area contributed by atoms with E-state index in [9.17, 15) is 4.79 Å². The number of benzene rings is 1. The van der Waals surface area contributed by atoms with E-state index in [2.05, 4.69) is 0 Å². The van der Waals surface area contributed by atoms with Crippen LogP contribution in [0.25, 0.3) is 0 Å². The molecule has 15 heavy (non-hydrogen) atoms. The second-order valence-electron chi connectivity index (χ2n) is 3.32. The van der Waals surface area contributed by atoms with Crippen molar-refractivity contribution >= 4 is 11.6 Å². The van der Waals surface area contributed by atoms with Gasteiger partial charge in [0.25, 0.3) is 5.91 Å². The van der Waals surface area contributed by atoms with Crippen molar-refractivity contribution in [3.05, 3.63) is 18.2 Å². The van der Waals surface area contributed by atoms with Crippen LogP contribution in [0.4, 0.5) is 5.69 Å². The molecule has 0 saturated carbocycles. The predicted octanol–water partition coefficient (Wildman–Crippen LogP) is 0.284. The maximum absolute atomic E-state index is 11.0. The molecule has 1 amide bonds. The minimum absolute atomic E-state index is 0.370. The molecule has 5 heteroatoms. The smallest absolute Gasteiger partial charge is 0.258 e. The lowest BCUT2D eigenvalue weighted by atomic mass is 10.2.